The number of aliphatic hydroxyl groups excluding tert-OH is 1. The standard InChI is InChI=1S/C7H10O3/c1-2-3-5-4-6(8)7(9)10-5/h2,5-6,8H,1,3-4H2/t5-,6-/m0/s1. The van der Waals surface area contributed by atoms with Gasteiger partial charge < -0.3 is 9.84 Å². The zero-order valence-electron chi connectivity index (χ0n) is 5.62. The minimum atomic E-state index is -0.912. The molecule has 1 saturated heterocycles. The molecule has 56 valence electrons. The molecule has 1 aliphatic heterocycles. The summed E-state index contributed by atoms with van der Waals surface area (Å²) in [5.74, 6) is -0.508. The molecule has 0 aliphatic carbocycles. The van der Waals surface area contributed by atoms with Crippen molar-refractivity contribution in [2.24, 2.45) is 0 Å². The van der Waals surface area contributed by atoms with Gasteiger partial charge in [0.1, 0.15) is 6.10 Å². The number of carbonyl (C=O) groups is 1. The van der Waals surface area contributed by atoms with E-state index in [0.717, 1.165) is 0 Å². The Morgan fingerprint density at radius 1 is 1.90 bits per heavy atom. The van der Waals surface area contributed by atoms with Crippen LogP contribution in [0.15, 0.2) is 12.7 Å². The fraction of sp³-hybridized carbons (Fsp3) is 0.571. The summed E-state index contributed by atoms with van der Waals surface area (Å²) >= 11 is 0. The summed E-state index contributed by atoms with van der Waals surface area (Å²) in [7, 11) is 0. The van der Waals surface area contributed by atoms with Gasteiger partial charge in [-0.15, -0.1) is 6.58 Å². The van der Waals surface area contributed by atoms with Crippen molar-refractivity contribution in [1.82, 2.24) is 0 Å². The highest BCUT2D eigenvalue weighted by Crippen LogP contribution is 2.17. The highest BCUT2D eigenvalue weighted by atomic mass is 16.6. The number of hydrogen-bond acceptors (Lipinski definition) is 3. The van der Waals surface area contributed by atoms with Gasteiger partial charge in [-0.25, -0.2) is 4.79 Å². The molecule has 0 radical (unpaired) electrons. The van der Waals surface area contributed by atoms with Gasteiger partial charge in [0.25, 0.3) is 0 Å². The molecule has 0 aromatic carbocycles. The second-order valence-electron chi connectivity index (χ2n) is 2.33. The zero-order valence-corrected chi connectivity index (χ0v) is 5.62. The Hall–Kier alpha value is -0.830. The van der Waals surface area contributed by atoms with Gasteiger partial charge in [0, 0.05) is 12.8 Å². The van der Waals surface area contributed by atoms with Crippen LogP contribution in [0, 0.1) is 0 Å². The number of aliphatic hydroxyl groups is 1. The third-order valence-corrected chi connectivity index (χ3v) is 1.47. The van der Waals surface area contributed by atoms with Crippen molar-refractivity contribution in [3.05, 3.63) is 12.7 Å². The van der Waals surface area contributed by atoms with E-state index in [1.54, 1.807) is 6.08 Å². The van der Waals surface area contributed by atoms with Crippen LogP contribution in [0.25, 0.3) is 0 Å². The van der Waals surface area contributed by atoms with Crippen molar-refractivity contribution >= 4 is 5.97 Å². The number of carbonyl (C=O) groups excluding carboxylic acids is 1. The molecule has 1 aliphatic rings. The van der Waals surface area contributed by atoms with Crippen LogP contribution >= 0.6 is 0 Å². The molecule has 2 atom stereocenters. The molecular formula is C7H10O3. The molecule has 0 unspecified atom stereocenters. The lowest BCUT2D eigenvalue weighted by molar-refractivity contribution is -0.147. The van der Waals surface area contributed by atoms with E-state index in [0.29, 0.717) is 12.8 Å². The highest BCUT2D eigenvalue weighted by molar-refractivity contribution is 5.76. The van der Waals surface area contributed by atoms with Crippen LogP contribution < -0.4 is 0 Å². The predicted molar refractivity (Wildman–Crippen MR) is 35.3 cm³/mol. The van der Waals surface area contributed by atoms with Crippen molar-refractivity contribution in [3.63, 3.8) is 0 Å². The first kappa shape index (κ1) is 7.28. The largest absolute Gasteiger partial charge is 0.460 e. The molecule has 3 nitrogen and oxygen atoms in total. The second-order valence-corrected chi connectivity index (χ2v) is 2.33. The molecular weight excluding hydrogens is 132 g/mol. The summed E-state index contributed by atoms with van der Waals surface area (Å²) in [4.78, 5) is 10.6. The molecule has 3 heteroatoms. The van der Waals surface area contributed by atoms with E-state index in [4.69, 9.17) is 9.84 Å². The first-order chi connectivity index (χ1) is 4.74. The SMILES string of the molecule is C=CC[C@H]1C[C@H](O)C(=O)O1. The van der Waals surface area contributed by atoms with Gasteiger partial charge >= 0.3 is 5.97 Å². The molecule has 0 spiro atoms. The zero-order chi connectivity index (χ0) is 7.56. The van der Waals surface area contributed by atoms with Crippen molar-refractivity contribution < 1.29 is 14.6 Å². The number of esters is 1. The maximum atomic E-state index is 10.6. The average molecular weight is 142 g/mol. The summed E-state index contributed by atoms with van der Waals surface area (Å²) in [6.07, 6.45) is 1.65. The third-order valence-electron chi connectivity index (χ3n) is 1.47. The Morgan fingerprint density at radius 3 is 3.00 bits per heavy atom. The van der Waals surface area contributed by atoms with Crippen LogP contribution in [0.3, 0.4) is 0 Å². The van der Waals surface area contributed by atoms with E-state index in [1.165, 1.54) is 0 Å². The van der Waals surface area contributed by atoms with Gasteiger partial charge in [-0.1, -0.05) is 6.08 Å². The van der Waals surface area contributed by atoms with Crippen LogP contribution in [0.5, 0.6) is 0 Å². The van der Waals surface area contributed by atoms with E-state index in [1.807, 2.05) is 0 Å². The van der Waals surface area contributed by atoms with Crippen LogP contribution in [-0.2, 0) is 9.53 Å². The Morgan fingerprint density at radius 2 is 2.60 bits per heavy atom. The summed E-state index contributed by atoms with van der Waals surface area (Å²) < 4.78 is 4.75. The van der Waals surface area contributed by atoms with Crippen molar-refractivity contribution in [2.75, 3.05) is 0 Å². The topological polar surface area (TPSA) is 46.5 Å². The smallest absolute Gasteiger partial charge is 0.335 e. The number of cyclic esters (lactones) is 1. The lowest BCUT2D eigenvalue weighted by Crippen LogP contribution is -2.11. The first-order valence-electron chi connectivity index (χ1n) is 3.23. The minimum Gasteiger partial charge on any atom is -0.460 e. The molecule has 0 amide bonds. The molecule has 0 bridgehead atoms. The van der Waals surface area contributed by atoms with Gasteiger partial charge in [-0.05, 0) is 0 Å². The summed E-state index contributed by atoms with van der Waals surface area (Å²) in [5, 5.41) is 8.89. The average Bonchev–Trinajstić information content (AvgIpc) is 2.14. The maximum absolute atomic E-state index is 10.6. The number of rotatable bonds is 2. The van der Waals surface area contributed by atoms with Crippen LogP contribution in [0.1, 0.15) is 12.8 Å². The summed E-state index contributed by atoms with van der Waals surface area (Å²) in [6.45, 7) is 3.50. The monoisotopic (exact) mass is 142 g/mol. The molecule has 0 aromatic heterocycles. The Kier molecular flexibility index (Phi) is 2.06. The van der Waals surface area contributed by atoms with Gasteiger partial charge in [-0.3, -0.25) is 0 Å². The summed E-state index contributed by atoms with van der Waals surface area (Å²) in [6, 6.07) is 0. The number of hydrogen-bond donors (Lipinski definition) is 1. The second kappa shape index (κ2) is 2.84. The van der Waals surface area contributed by atoms with Crippen molar-refractivity contribution in [1.29, 1.82) is 0 Å². The molecule has 0 saturated carbocycles. The molecule has 1 rings (SSSR count). The van der Waals surface area contributed by atoms with Gasteiger partial charge in [-0.2, -0.15) is 0 Å². The van der Waals surface area contributed by atoms with E-state index < -0.39 is 12.1 Å². The minimum absolute atomic E-state index is 0.153. The molecule has 1 N–H and O–H groups in total. The highest BCUT2D eigenvalue weighted by Gasteiger charge is 2.31. The Bertz CT molecular complexity index is 153. The van der Waals surface area contributed by atoms with E-state index in [2.05, 4.69) is 6.58 Å². The quantitative estimate of drug-likeness (QED) is 0.443. The summed E-state index contributed by atoms with van der Waals surface area (Å²) in [5.41, 5.74) is 0. The molecule has 0 aromatic rings. The van der Waals surface area contributed by atoms with Crippen LogP contribution in [0.4, 0.5) is 0 Å². The van der Waals surface area contributed by atoms with Crippen LogP contribution in [-0.4, -0.2) is 23.3 Å². The third kappa shape index (κ3) is 1.36. The fourth-order valence-corrected chi connectivity index (χ4v) is 0.966. The molecule has 10 heavy (non-hydrogen) atoms. The Labute approximate surface area is 59.3 Å². The molecule has 1 fully saturated rings. The first-order valence-corrected chi connectivity index (χ1v) is 3.23. The lowest BCUT2D eigenvalue weighted by atomic mass is 10.1. The van der Waals surface area contributed by atoms with Gasteiger partial charge in [0.2, 0.25) is 0 Å². The van der Waals surface area contributed by atoms with E-state index in [9.17, 15) is 4.79 Å². The van der Waals surface area contributed by atoms with Gasteiger partial charge in [0.05, 0.1) is 0 Å². The fourth-order valence-electron chi connectivity index (χ4n) is 0.966. The normalized spacial score (nSPS) is 31.9. The van der Waals surface area contributed by atoms with Crippen LogP contribution in [0.2, 0.25) is 0 Å². The van der Waals surface area contributed by atoms with Crippen molar-refractivity contribution in [2.45, 2.75) is 25.0 Å². The number of ether oxygens (including phenoxy) is 1. The Balaban J connectivity index is 2.41. The van der Waals surface area contributed by atoms with Crippen molar-refractivity contribution in [3.8, 4) is 0 Å². The van der Waals surface area contributed by atoms with E-state index in [-0.39, 0.29) is 6.10 Å². The van der Waals surface area contributed by atoms with E-state index >= 15 is 0 Å². The molecule has 1 heterocycles. The lowest BCUT2D eigenvalue weighted by Gasteiger charge is -2.02. The van der Waals surface area contributed by atoms with Gasteiger partial charge in [0.15, 0.2) is 6.10 Å². The maximum Gasteiger partial charge on any atom is 0.335 e. The predicted octanol–water partition coefficient (Wildman–Crippen LogP) is 0.239.